The van der Waals surface area contributed by atoms with Gasteiger partial charge in [0.2, 0.25) is 0 Å². The lowest BCUT2D eigenvalue weighted by molar-refractivity contribution is 0.102. The van der Waals surface area contributed by atoms with Crippen LogP contribution >= 0.6 is 23.2 Å². The minimum absolute atomic E-state index is 0.0293. The lowest BCUT2D eigenvalue weighted by atomic mass is 10.2. The van der Waals surface area contributed by atoms with E-state index in [0.717, 1.165) is 10.6 Å². The van der Waals surface area contributed by atoms with Gasteiger partial charge >= 0.3 is 0 Å². The molecule has 0 saturated carbocycles. The molecule has 0 unspecified atom stereocenters. The Morgan fingerprint density at radius 1 is 1.23 bits per heavy atom. The molecule has 1 heterocycles. The summed E-state index contributed by atoms with van der Waals surface area (Å²) in [5.41, 5.74) is -0.718. The fraction of sp³-hybridized carbons (Fsp3) is 0.143. The van der Waals surface area contributed by atoms with Crippen LogP contribution in [0, 0.1) is 5.82 Å². The zero-order valence-electron chi connectivity index (χ0n) is 11.1. The van der Waals surface area contributed by atoms with E-state index >= 15 is 0 Å². The topological polar surface area (TPSA) is 51.1 Å². The fourth-order valence-electron chi connectivity index (χ4n) is 1.77. The number of aromatic nitrogens is 1. The van der Waals surface area contributed by atoms with Crippen molar-refractivity contribution >= 4 is 34.8 Å². The third kappa shape index (κ3) is 3.64. The maximum atomic E-state index is 13.5. The summed E-state index contributed by atoms with van der Waals surface area (Å²) >= 11 is 11.6. The van der Waals surface area contributed by atoms with Crippen molar-refractivity contribution in [2.75, 3.05) is 12.0 Å². The van der Waals surface area contributed by atoms with E-state index in [0.29, 0.717) is 5.02 Å². The molecule has 0 saturated heterocycles. The van der Waals surface area contributed by atoms with Crippen LogP contribution in [0.4, 0.5) is 14.5 Å². The number of halogens is 4. The van der Waals surface area contributed by atoms with Gasteiger partial charge in [-0.1, -0.05) is 23.2 Å². The van der Waals surface area contributed by atoms with E-state index in [1.807, 2.05) is 0 Å². The molecule has 116 valence electrons. The number of anilines is 1. The first-order chi connectivity index (χ1) is 10.4. The summed E-state index contributed by atoms with van der Waals surface area (Å²) in [7, 11) is 0. The normalized spacial score (nSPS) is 10.5. The predicted molar refractivity (Wildman–Crippen MR) is 81.1 cm³/mol. The summed E-state index contributed by atoms with van der Waals surface area (Å²) in [4.78, 5) is 23.5. The molecule has 22 heavy (non-hydrogen) atoms. The summed E-state index contributed by atoms with van der Waals surface area (Å²) in [6.45, 7) is -1.13. The lowest BCUT2D eigenvalue weighted by Crippen LogP contribution is -2.25. The number of pyridine rings is 1. The van der Waals surface area contributed by atoms with Crippen LogP contribution in [0.1, 0.15) is 10.4 Å². The van der Waals surface area contributed by atoms with Crippen molar-refractivity contribution in [1.82, 2.24) is 4.57 Å². The summed E-state index contributed by atoms with van der Waals surface area (Å²) in [6.07, 6.45) is 1.17. The van der Waals surface area contributed by atoms with Gasteiger partial charge in [0, 0.05) is 17.8 Å². The lowest BCUT2D eigenvalue weighted by Gasteiger charge is -2.09. The number of hydrogen-bond acceptors (Lipinski definition) is 2. The first kappa shape index (κ1) is 16.5. The SMILES string of the molecule is O=C(Nc1cc(F)c(=O)n(CCF)c1)c1ccc(Cl)c(Cl)c1. The van der Waals surface area contributed by atoms with Crippen molar-refractivity contribution in [3.63, 3.8) is 0 Å². The van der Waals surface area contributed by atoms with Crippen LogP contribution in [0.25, 0.3) is 0 Å². The number of alkyl halides is 1. The molecular formula is C14H10Cl2F2N2O2. The van der Waals surface area contributed by atoms with Gasteiger partial charge in [-0.15, -0.1) is 0 Å². The van der Waals surface area contributed by atoms with Gasteiger partial charge in [0.1, 0.15) is 6.67 Å². The molecule has 0 aliphatic heterocycles. The molecule has 1 N–H and O–H groups in total. The third-order valence-corrected chi connectivity index (χ3v) is 3.55. The number of amides is 1. The monoisotopic (exact) mass is 346 g/mol. The number of hydrogen-bond donors (Lipinski definition) is 1. The molecular weight excluding hydrogens is 337 g/mol. The Labute approximate surface area is 134 Å². The Balaban J connectivity index is 2.28. The molecule has 2 rings (SSSR count). The second-order valence-corrected chi connectivity index (χ2v) is 5.16. The maximum absolute atomic E-state index is 13.5. The van der Waals surface area contributed by atoms with Crippen LogP contribution in [0.15, 0.2) is 35.3 Å². The molecule has 0 aliphatic carbocycles. The number of aryl methyl sites for hydroxylation is 1. The first-order valence-corrected chi connectivity index (χ1v) is 6.90. The van der Waals surface area contributed by atoms with Gasteiger partial charge in [-0.25, -0.2) is 8.78 Å². The highest BCUT2D eigenvalue weighted by Crippen LogP contribution is 2.23. The van der Waals surface area contributed by atoms with Gasteiger partial charge in [-0.2, -0.15) is 0 Å². The quantitative estimate of drug-likeness (QED) is 0.920. The van der Waals surface area contributed by atoms with Crippen LogP contribution in [-0.2, 0) is 6.54 Å². The average Bonchev–Trinajstić information content (AvgIpc) is 2.47. The third-order valence-electron chi connectivity index (χ3n) is 2.81. The van der Waals surface area contributed by atoms with E-state index < -0.39 is 24.0 Å². The Hall–Kier alpha value is -1.92. The van der Waals surface area contributed by atoms with Crippen molar-refractivity contribution < 1.29 is 13.6 Å². The van der Waals surface area contributed by atoms with Crippen LogP contribution in [0.2, 0.25) is 10.0 Å². The molecule has 4 nitrogen and oxygen atoms in total. The Kier molecular flexibility index (Phi) is 5.15. The predicted octanol–water partition coefficient (Wildman–Crippen LogP) is 3.52. The number of nitrogens with zero attached hydrogens (tertiary/aromatic N) is 1. The first-order valence-electron chi connectivity index (χ1n) is 6.14. The molecule has 1 aromatic carbocycles. The molecule has 1 aromatic heterocycles. The zero-order valence-corrected chi connectivity index (χ0v) is 12.6. The molecule has 0 spiro atoms. The molecule has 0 atom stereocenters. The minimum atomic E-state index is -1.08. The Morgan fingerprint density at radius 3 is 2.59 bits per heavy atom. The van der Waals surface area contributed by atoms with Crippen LogP contribution < -0.4 is 10.9 Å². The second kappa shape index (κ2) is 6.89. The van der Waals surface area contributed by atoms with Crippen LogP contribution in [0.3, 0.4) is 0 Å². The summed E-state index contributed by atoms with van der Waals surface area (Å²) in [5, 5.41) is 2.90. The molecule has 0 aliphatic rings. The van der Waals surface area contributed by atoms with Gasteiger partial charge in [-0.3, -0.25) is 9.59 Å². The average molecular weight is 347 g/mol. The van der Waals surface area contributed by atoms with Gasteiger partial charge in [0.05, 0.1) is 22.3 Å². The summed E-state index contributed by atoms with van der Waals surface area (Å²) in [5.74, 6) is -1.65. The van der Waals surface area contributed by atoms with Crippen molar-refractivity contribution in [1.29, 1.82) is 0 Å². The van der Waals surface area contributed by atoms with Gasteiger partial charge < -0.3 is 9.88 Å². The largest absolute Gasteiger partial charge is 0.321 e. The number of rotatable bonds is 4. The van der Waals surface area contributed by atoms with E-state index in [2.05, 4.69) is 5.32 Å². The van der Waals surface area contributed by atoms with Crippen LogP contribution in [-0.4, -0.2) is 17.1 Å². The number of nitrogens with one attached hydrogen (secondary N) is 1. The van der Waals surface area contributed by atoms with Crippen molar-refractivity contribution in [2.24, 2.45) is 0 Å². The standard InChI is InChI=1S/C14H10Cl2F2N2O2/c15-10-2-1-8(5-11(10)16)13(21)19-9-6-12(18)14(22)20(7-9)4-3-17/h1-2,5-7H,3-4H2,(H,19,21). The van der Waals surface area contributed by atoms with Crippen molar-refractivity contribution in [3.05, 3.63) is 62.2 Å². The van der Waals surface area contributed by atoms with Gasteiger partial charge in [-0.05, 0) is 18.2 Å². The van der Waals surface area contributed by atoms with E-state index in [9.17, 15) is 18.4 Å². The highest BCUT2D eigenvalue weighted by Gasteiger charge is 2.11. The smallest absolute Gasteiger partial charge is 0.286 e. The number of carbonyl (C=O) groups is 1. The minimum Gasteiger partial charge on any atom is -0.321 e. The fourth-order valence-corrected chi connectivity index (χ4v) is 2.06. The van der Waals surface area contributed by atoms with Crippen LogP contribution in [0.5, 0.6) is 0 Å². The van der Waals surface area contributed by atoms with E-state index in [4.69, 9.17) is 23.2 Å². The molecule has 0 fully saturated rings. The summed E-state index contributed by atoms with van der Waals surface area (Å²) < 4.78 is 26.7. The Morgan fingerprint density at radius 2 is 1.95 bits per heavy atom. The highest BCUT2D eigenvalue weighted by molar-refractivity contribution is 6.42. The van der Waals surface area contributed by atoms with Crippen molar-refractivity contribution in [3.8, 4) is 0 Å². The van der Waals surface area contributed by atoms with Gasteiger partial charge in [0.25, 0.3) is 11.5 Å². The maximum Gasteiger partial charge on any atom is 0.286 e. The van der Waals surface area contributed by atoms with Crippen molar-refractivity contribution in [2.45, 2.75) is 6.54 Å². The molecule has 8 heteroatoms. The highest BCUT2D eigenvalue weighted by atomic mass is 35.5. The Bertz CT molecular complexity index is 778. The summed E-state index contributed by atoms with van der Waals surface area (Å²) in [6, 6.07) is 5.11. The molecule has 2 aromatic rings. The number of carbonyl (C=O) groups excluding carboxylic acids is 1. The number of benzene rings is 1. The van der Waals surface area contributed by atoms with E-state index in [1.54, 1.807) is 0 Å². The molecule has 1 amide bonds. The van der Waals surface area contributed by atoms with E-state index in [1.165, 1.54) is 24.4 Å². The zero-order chi connectivity index (χ0) is 16.3. The molecule has 0 bridgehead atoms. The van der Waals surface area contributed by atoms with Gasteiger partial charge in [0.15, 0.2) is 5.82 Å². The van der Waals surface area contributed by atoms with E-state index in [-0.39, 0.29) is 22.8 Å². The second-order valence-electron chi connectivity index (χ2n) is 4.35. The molecule has 0 radical (unpaired) electrons.